The van der Waals surface area contributed by atoms with E-state index in [4.69, 9.17) is 10.1 Å². The van der Waals surface area contributed by atoms with Crippen LogP contribution in [-0.2, 0) is 21.7 Å². The Hall–Kier alpha value is -4.30. The summed E-state index contributed by atoms with van der Waals surface area (Å²) in [6, 6.07) is 15.0. The van der Waals surface area contributed by atoms with E-state index in [-0.39, 0.29) is 40.4 Å². The molecule has 0 spiro atoms. The van der Waals surface area contributed by atoms with Crippen molar-refractivity contribution in [2.75, 3.05) is 20.1 Å². The molecule has 5 rings (SSSR count). The number of amides is 2. The maximum atomic E-state index is 16.1. The van der Waals surface area contributed by atoms with Gasteiger partial charge in [-0.3, -0.25) is 15.1 Å². The Balaban J connectivity index is 1.38. The molecule has 41 heavy (non-hydrogen) atoms. The molecule has 0 radical (unpaired) electrons. The lowest BCUT2D eigenvalue weighted by Crippen LogP contribution is -2.66. The topological polar surface area (TPSA) is 110 Å². The average molecular weight is 578 g/mol. The Bertz CT molecular complexity index is 1530. The molecular formula is C30H29F2N5O3S. The fourth-order valence-corrected chi connectivity index (χ4v) is 6.85. The second-order valence-corrected chi connectivity index (χ2v) is 11.4. The molecular weight excluding hydrogens is 548 g/mol. The molecule has 0 saturated carbocycles. The highest BCUT2D eigenvalue weighted by Crippen LogP contribution is 2.46. The normalized spacial score (nSPS) is 21.4. The molecule has 1 aromatic heterocycles. The number of ether oxygens (including phenoxy) is 1. The number of halogens is 2. The lowest BCUT2D eigenvalue weighted by atomic mass is 9.70. The second-order valence-electron chi connectivity index (χ2n) is 10.5. The van der Waals surface area contributed by atoms with Gasteiger partial charge in [-0.25, -0.2) is 13.6 Å². The standard InChI is InChI=1S/C30H29F2N5O3S/c1-30(26-25(32)22(17-41-26)20-8-9-23(31)21(14-20)15-33)24(27(38)36(2)28(34)35-30)19-10-12-37(13-11-19)29(39)40-16-18-6-4-3-5-7-18/h3-9,14,17,19,24H,10-13,16H2,1-2H3,(H2,34,35)/t24-,30-/m0/s1. The molecule has 0 unspecified atom stereocenters. The molecule has 3 heterocycles. The van der Waals surface area contributed by atoms with E-state index in [2.05, 4.69) is 5.32 Å². The Morgan fingerprint density at radius 2 is 1.93 bits per heavy atom. The van der Waals surface area contributed by atoms with Crippen molar-refractivity contribution in [2.24, 2.45) is 11.8 Å². The van der Waals surface area contributed by atoms with Gasteiger partial charge in [0.15, 0.2) is 5.96 Å². The number of rotatable bonds is 5. The summed E-state index contributed by atoms with van der Waals surface area (Å²) in [5.41, 5.74) is -0.0105. The Morgan fingerprint density at radius 3 is 2.61 bits per heavy atom. The number of piperidine rings is 1. The van der Waals surface area contributed by atoms with Gasteiger partial charge in [0.1, 0.15) is 24.3 Å². The first-order valence-electron chi connectivity index (χ1n) is 13.2. The summed E-state index contributed by atoms with van der Waals surface area (Å²) in [4.78, 5) is 29.5. The third kappa shape index (κ3) is 5.27. The second kappa shape index (κ2) is 11.3. The summed E-state index contributed by atoms with van der Waals surface area (Å²) in [7, 11) is 1.51. The van der Waals surface area contributed by atoms with Crippen molar-refractivity contribution in [1.82, 2.24) is 15.1 Å². The number of nitriles is 1. The molecule has 0 aliphatic carbocycles. The van der Waals surface area contributed by atoms with Gasteiger partial charge in [0, 0.05) is 31.1 Å². The summed E-state index contributed by atoms with van der Waals surface area (Å²) in [6.07, 6.45) is 0.573. The molecule has 2 N–H and O–H groups in total. The van der Waals surface area contributed by atoms with Crippen LogP contribution in [0.2, 0.25) is 0 Å². The van der Waals surface area contributed by atoms with E-state index >= 15 is 4.39 Å². The van der Waals surface area contributed by atoms with Gasteiger partial charge in [-0.2, -0.15) is 5.26 Å². The number of hydrogen-bond acceptors (Lipinski definition) is 6. The van der Waals surface area contributed by atoms with Gasteiger partial charge in [-0.05, 0) is 48.9 Å². The predicted octanol–water partition coefficient (Wildman–Crippen LogP) is 5.44. The van der Waals surface area contributed by atoms with E-state index in [0.717, 1.165) is 23.0 Å². The molecule has 2 amide bonds. The number of carbonyl (C=O) groups is 2. The van der Waals surface area contributed by atoms with Gasteiger partial charge in [0.2, 0.25) is 5.91 Å². The highest BCUT2D eigenvalue weighted by atomic mass is 32.1. The van der Waals surface area contributed by atoms with Crippen LogP contribution in [0.4, 0.5) is 13.6 Å². The van der Waals surface area contributed by atoms with Crippen LogP contribution in [0.5, 0.6) is 0 Å². The van der Waals surface area contributed by atoms with Gasteiger partial charge in [-0.1, -0.05) is 36.4 Å². The Kier molecular flexibility index (Phi) is 7.78. The zero-order valence-electron chi connectivity index (χ0n) is 22.6. The summed E-state index contributed by atoms with van der Waals surface area (Å²) < 4.78 is 35.5. The molecule has 11 heteroatoms. The molecule has 2 atom stereocenters. The van der Waals surface area contributed by atoms with E-state index in [1.807, 2.05) is 30.3 Å². The first kappa shape index (κ1) is 28.2. The molecule has 2 aliphatic heterocycles. The van der Waals surface area contributed by atoms with Crippen LogP contribution in [0.15, 0.2) is 53.9 Å². The lowest BCUT2D eigenvalue weighted by Gasteiger charge is -2.49. The van der Waals surface area contributed by atoms with Gasteiger partial charge in [0.25, 0.3) is 0 Å². The van der Waals surface area contributed by atoms with Crippen molar-refractivity contribution < 1.29 is 23.1 Å². The number of nitrogens with zero attached hydrogens (tertiary/aromatic N) is 3. The number of likely N-dealkylation sites (tertiary alicyclic amines) is 1. The monoisotopic (exact) mass is 577 g/mol. The SMILES string of the molecule is CN1C(=N)N[C@](C)(c2scc(-c3ccc(F)c(C#N)c3)c2F)[C@@H](C2CCN(C(=O)OCc3ccccc3)CC2)C1=O. The van der Waals surface area contributed by atoms with Crippen LogP contribution in [0.25, 0.3) is 11.1 Å². The largest absolute Gasteiger partial charge is 0.445 e. The summed E-state index contributed by atoms with van der Waals surface area (Å²) in [6.45, 7) is 2.65. The first-order valence-corrected chi connectivity index (χ1v) is 14.1. The highest BCUT2D eigenvalue weighted by Gasteiger charge is 2.53. The van der Waals surface area contributed by atoms with Crippen molar-refractivity contribution in [3.8, 4) is 17.2 Å². The van der Waals surface area contributed by atoms with Crippen LogP contribution in [0, 0.1) is 40.2 Å². The average Bonchev–Trinajstić information content (AvgIpc) is 3.37. The third-order valence-corrected chi connectivity index (χ3v) is 9.20. The van der Waals surface area contributed by atoms with Crippen molar-refractivity contribution in [2.45, 2.75) is 31.9 Å². The fraction of sp³-hybridized carbons (Fsp3) is 0.333. The van der Waals surface area contributed by atoms with Crippen molar-refractivity contribution in [3.63, 3.8) is 0 Å². The summed E-state index contributed by atoms with van der Waals surface area (Å²) >= 11 is 1.11. The lowest BCUT2D eigenvalue weighted by molar-refractivity contribution is -0.139. The molecule has 8 nitrogen and oxygen atoms in total. The molecule has 2 saturated heterocycles. The van der Waals surface area contributed by atoms with Gasteiger partial charge in [-0.15, -0.1) is 11.3 Å². The van der Waals surface area contributed by atoms with E-state index in [1.54, 1.807) is 23.3 Å². The molecule has 2 fully saturated rings. The quantitative estimate of drug-likeness (QED) is 0.420. The minimum atomic E-state index is -1.24. The van der Waals surface area contributed by atoms with E-state index < -0.39 is 29.2 Å². The minimum Gasteiger partial charge on any atom is -0.445 e. The smallest absolute Gasteiger partial charge is 0.410 e. The van der Waals surface area contributed by atoms with Crippen LogP contribution >= 0.6 is 11.3 Å². The number of guanidine groups is 1. The van der Waals surface area contributed by atoms with E-state index in [0.29, 0.717) is 31.5 Å². The molecule has 3 aromatic rings. The zero-order chi connectivity index (χ0) is 29.3. The van der Waals surface area contributed by atoms with Gasteiger partial charge in [0.05, 0.1) is 21.9 Å². The van der Waals surface area contributed by atoms with Gasteiger partial charge < -0.3 is 15.0 Å². The number of carbonyl (C=O) groups excluding carboxylic acids is 2. The van der Waals surface area contributed by atoms with Crippen LogP contribution in [-0.4, -0.2) is 47.9 Å². The number of benzene rings is 2. The summed E-state index contributed by atoms with van der Waals surface area (Å²) in [5.74, 6) is -2.63. The minimum absolute atomic E-state index is 0.140. The van der Waals surface area contributed by atoms with E-state index in [1.165, 1.54) is 24.1 Å². The molecule has 212 valence electrons. The fourth-order valence-electron chi connectivity index (χ4n) is 5.74. The molecule has 2 aliphatic rings. The third-order valence-electron chi connectivity index (χ3n) is 8.01. The Labute approximate surface area is 240 Å². The zero-order valence-corrected chi connectivity index (χ0v) is 23.4. The van der Waals surface area contributed by atoms with Gasteiger partial charge >= 0.3 is 6.09 Å². The predicted molar refractivity (Wildman–Crippen MR) is 150 cm³/mol. The maximum Gasteiger partial charge on any atom is 0.410 e. The number of thiophene rings is 1. The molecule has 0 bridgehead atoms. The maximum absolute atomic E-state index is 16.1. The van der Waals surface area contributed by atoms with Crippen LogP contribution in [0.3, 0.4) is 0 Å². The van der Waals surface area contributed by atoms with E-state index in [9.17, 15) is 19.2 Å². The van der Waals surface area contributed by atoms with Crippen LogP contribution < -0.4 is 5.32 Å². The van der Waals surface area contributed by atoms with Crippen molar-refractivity contribution in [3.05, 3.63) is 81.5 Å². The summed E-state index contributed by atoms with van der Waals surface area (Å²) in [5, 5.41) is 22.3. The first-order chi connectivity index (χ1) is 19.6. The van der Waals surface area contributed by atoms with Crippen LogP contribution in [0.1, 0.15) is 35.8 Å². The van der Waals surface area contributed by atoms with Crippen molar-refractivity contribution >= 4 is 29.3 Å². The number of nitrogens with one attached hydrogen (secondary N) is 2. The number of hydrogen-bond donors (Lipinski definition) is 2. The molecule has 2 aromatic carbocycles. The van der Waals surface area contributed by atoms with Crippen molar-refractivity contribution in [1.29, 1.82) is 10.7 Å². The Morgan fingerprint density at radius 1 is 1.22 bits per heavy atom. The highest BCUT2D eigenvalue weighted by molar-refractivity contribution is 7.10.